The van der Waals surface area contributed by atoms with Gasteiger partial charge in [-0.25, -0.2) is 0 Å². The highest BCUT2D eigenvalue weighted by Crippen LogP contribution is 2.16. The summed E-state index contributed by atoms with van der Waals surface area (Å²) in [6.45, 7) is 6.38. The van der Waals surface area contributed by atoms with Crippen LogP contribution in [0.3, 0.4) is 0 Å². The first-order valence-electron chi connectivity index (χ1n) is 33.8. The minimum Gasteiger partial charge on any atom is -0.462 e. The number of esters is 3. The number of hydrogen-bond donors (Lipinski definition) is 0. The Hall–Kier alpha value is -4.71. The third-order valence-corrected chi connectivity index (χ3v) is 14.1. The summed E-state index contributed by atoms with van der Waals surface area (Å²) >= 11 is 0. The zero-order valence-electron chi connectivity index (χ0n) is 53.2. The van der Waals surface area contributed by atoms with Crippen LogP contribution in [-0.2, 0) is 28.6 Å². The van der Waals surface area contributed by atoms with Crippen LogP contribution in [0.5, 0.6) is 0 Å². The lowest BCUT2D eigenvalue weighted by atomic mass is 10.0. The molecule has 0 aliphatic heterocycles. The van der Waals surface area contributed by atoms with Gasteiger partial charge in [-0.15, -0.1) is 0 Å². The molecule has 0 rings (SSSR count). The van der Waals surface area contributed by atoms with E-state index in [0.717, 1.165) is 141 Å². The maximum atomic E-state index is 12.9. The van der Waals surface area contributed by atoms with Crippen molar-refractivity contribution in [2.24, 2.45) is 0 Å². The van der Waals surface area contributed by atoms with E-state index in [1.807, 2.05) is 0 Å². The van der Waals surface area contributed by atoms with Crippen LogP contribution in [0.15, 0.2) is 146 Å². The van der Waals surface area contributed by atoms with Crippen molar-refractivity contribution in [2.75, 3.05) is 13.2 Å². The fourth-order valence-corrected chi connectivity index (χ4v) is 9.10. The third-order valence-electron chi connectivity index (χ3n) is 14.1. The lowest BCUT2D eigenvalue weighted by Gasteiger charge is -2.18. The maximum Gasteiger partial charge on any atom is 0.306 e. The van der Waals surface area contributed by atoms with E-state index < -0.39 is 6.10 Å². The van der Waals surface area contributed by atoms with Crippen LogP contribution < -0.4 is 0 Å². The molecular weight excluding hydrogens is 1010 g/mol. The average Bonchev–Trinajstić information content (AvgIpc) is 3.47. The molecule has 0 bridgehead atoms. The SMILES string of the molecule is CC/C=C\C/C=C\C/C=C\C/C=C\C/C=C\C/C=C\CCCCCCC(=O)OCC(COC(=O)CCCCCCCCCCCCCCCCCCCCCC)OC(=O)CCCC/C=C\C/C=C\C/C=C\C/C=C\C/C=C\C/C=C\CC. The molecule has 0 radical (unpaired) electrons. The number of unbranched alkanes of at least 4 members (excludes halogenated alkanes) is 25. The highest BCUT2D eigenvalue weighted by molar-refractivity contribution is 5.71. The second-order valence-electron chi connectivity index (χ2n) is 22.0. The van der Waals surface area contributed by atoms with Gasteiger partial charge in [0.15, 0.2) is 6.10 Å². The van der Waals surface area contributed by atoms with Gasteiger partial charge in [0.05, 0.1) is 0 Å². The molecule has 0 spiro atoms. The first-order valence-corrected chi connectivity index (χ1v) is 33.8. The van der Waals surface area contributed by atoms with Gasteiger partial charge in [-0.3, -0.25) is 14.4 Å². The van der Waals surface area contributed by atoms with E-state index in [2.05, 4.69) is 167 Å². The third kappa shape index (κ3) is 66.1. The number of hydrogen-bond acceptors (Lipinski definition) is 6. The van der Waals surface area contributed by atoms with Crippen molar-refractivity contribution in [3.05, 3.63) is 146 Å². The van der Waals surface area contributed by atoms with E-state index in [4.69, 9.17) is 14.2 Å². The molecular formula is C76H124O6. The van der Waals surface area contributed by atoms with Crippen LogP contribution in [0.4, 0.5) is 0 Å². The number of carbonyl (C=O) groups excluding carboxylic acids is 3. The number of ether oxygens (including phenoxy) is 3. The topological polar surface area (TPSA) is 78.9 Å². The summed E-state index contributed by atoms with van der Waals surface area (Å²) in [6, 6.07) is 0. The van der Waals surface area contributed by atoms with Crippen LogP contribution in [0.2, 0.25) is 0 Å². The zero-order chi connectivity index (χ0) is 59.2. The Labute approximate surface area is 506 Å². The molecule has 0 N–H and O–H groups in total. The van der Waals surface area contributed by atoms with Gasteiger partial charge in [0.2, 0.25) is 0 Å². The lowest BCUT2D eigenvalue weighted by Crippen LogP contribution is -2.30. The van der Waals surface area contributed by atoms with E-state index in [-0.39, 0.29) is 37.5 Å². The predicted octanol–water partition coefficient (Wildman–Crippen LogP) is 23.5. The zero-order valence-corrected chi connectivity index (χ0v) is 53.2. The molecule has 0 saturated carbocycles. The summed E-state index contributed by atoms with van der Waals surface area (Å²) in [4.78, 5) is 38.4. The second kappa shape index (κ2) is 68.8. The van der Waals surface area contributed by atoms with Gasteiger partial charge in [0, 0.05) is 19.3 Å². The Kier molecular flexibility index (Phi) is 64.8. The van der Waals surface area contributed by atoms with E-state index in [1.54, 1.807) is 0 Å². The fourth-order valence-electron chi connectivity index (χ4n) is 9.10. The largest absolute Gasteiger partial charge is 0.462 e. The molecule has 464 valence electrons. The lowest BCUT2D eigenvalue weighted by molar-refractivity contribution is -0.167. The molecule has 0 aliphatic rings. The molecule has 0 saturated heterocycles. The van der Waals surface area contributed by atoms with Crippen LogP contribution in [0.25, 0.3) is 0 Å². The van der Waals surface area contributed by atoms with Gasteiger partial charge >= 0.3 is 17.9 Å². The van der Waals surface area contributed by atoms with Crippen LogP contribution in [0.1, 0.15) is 297 Å². The van der Waals surface area contributed by atoms with Crippen molar-refractivity contribution in [2.45, 2.75) is 303 Å². The first-order chi connectivity index (χ1) is 40.5. The standard InChI is InChI=1S/C76H124O6/c1-4-7-10-13-16-19-22-25-28-31-34-37-38-40-42-45-48-51-54-57-60-63-66-69-75(78)81-72-73(71-80-74(77)68-65-62-59-56-53-50-47-44-41-36-33-30-27-24-21-18-15-12-9-6-3)82-76(79)70-67-64-61-58-55-52-49-46-43-39-35-32-29-26-23-20-17-14-11-8-5-2/h7-8,10-11,16-17,19-20,25-26,28-29,34-35,37,39-40,42,46,48-49,51,55,58,73H,4-6,9,12-15,18,21-24,27,30-33,36,38,41,43-45,47,50,52-54,56-57,59-72H2,1-3H3/b10-7-,11-8-,19-16-,20-17-,28-25-,29-26-,37-34-,39-35-,42-40-,49-46-,51-48-,58-55-. The number of carbonyl (C=O) groups is 3. The molecule has 1 atom stereocenters. The molecule has 0 aromatic rings. The number of rotatable bonds is 60. The van der Waals surface area contributed by atoms with Crippen molar-refractivity contribution < 1.29 is 28.6 Å². The quantitative estimate of drug-likeness (QED) is 0.0261. The van der Waals surface area contributed by atoms with Crippen molar-refractivity contribution in [1.29, 1.82) is 0 Å². The Morgan fingerprint density at radius 1 is 0.256 bits per heavy atom. The fraction of sp³-hybridized carbons (Fsp3) is 0.645. The summed E-state index contributed by atoms with van der Waals surface area (Å²) in [5, 5.41) is 0. The molecule has 6 nitrogen and oxygen atoms in total. The van der Waals surface area contributed by atoms with Crippen LogP contribution in [-0.4, -0.2) is 37.2 Å². The number of allylic oxidation sites excluding steroid dienone is 24. The summed E-state index contributed by atoms with van der Waals surface area (Å²) < 4.78 is 16.9. The van der Waals surface area contributed by atoms with E-state index in [1.165, 1.54) is 109 Å². The Bertz CT molecular complexity index is 1780. The first kappa shape index (κ1) is 77.3. The molecule has 0 amide bonds. The summed E-state index contributed by atoms with van der Waals surface area (Å²) in [6.07, 6.45) is 98.6. The monoisotopic (exact) mass is 1130 g/mol. The van der Waals surface area contributed by atoms with Gasteiger partial charge < -0.3 is 14.2 Å². The molecule has 82 heavy (non-hydrogen) atoms. The van der Waals surface area contributed by atoms with E-state index in [0.29, 0.717) is 19.3 Å². The van der Waals surface area contributed by atoms with Crippen molar-refractivity contribution >= 4 is 17.9 Å². The summed E-state index contributed by atoms with van der Waals surface area (Å²) in [5.74, 6) is -0.971. The molecule has 0 fully saturated rings. The highest BCUT2D eigenvalue weighted by atomic mass is 16.6. The van der Waals surface area contributed by atoms with E-state index >= 15 is 0 Å². The van der Waals surface area contributed by atoms with Crippen LogP contribution in [0, 0.1) is 0 Å². The Morgan fingerprint density at radius 2 is 0.476 bits per heavy atom. The molecule has 0 aliphatic carbocycles. The van der Waals surface area contributed by atoms with Gasteiger partial charge in [-0.1, -0.05) is 301 Å². The molecule has 0 aromatic carbocycles. The molecule has 0 heterocycles. The molecule has 6 heteroatoms. The predicted molar refractivity (Wildman–Crippen MR) is 357 cm³/mol. The normalized spacial score (nSPS) is 13.1. The summed E-state index contributed by atoms with van der Waals surface area (Å²) in [7, 11) is 0. The summed E-state index contributed by atoms with van der Waals surface area (Å²) in [5.41, 5.74) is 0. The highest BCUT2D eigenvalue weighted by Gasteiger charge is 2.19. The average molecular weight is 1130 g/mol. The maximum absolute atomic E-state index is 12.9. The van der Waals surface area contributed by atoms with Crippen molar-refractivity contribution in [3.63, 3.8) is 0 Å². The minimum atomic E-state index is -0.819. The van der Waals surface area contributed by atoms with Crippen molar-refractivity contribution in [3.8, 4) is 0 Å². The minimum absolute atomic E-state index is 0.107. The Morgan fingerprint density at radius 3 is 0.768 bits per heavy atom. The van der Waals surface area contributed by atoms with Gasteiger partial charge in [0.1, 0.15) is 13.2 Å². The van der Waals surface area contributed by atoms with Gasteiger partial charge in [-0.2, -0.15) is 0 Å². The second-order valence-corrected chi connectivity index (χ2v) is 22.0. The van der Waals surface area contributed by atoms with Crippen molar-refractivity contribution in [1.82, 2.24) is 0 Å². The smallest absolute Gasteiger partial charge is 0.306 e. The van der Waals surface area contributed by atoms with Gasteiger partial charge in [0.25, 0.3) is 0 Å². The molecule has 1 unspecified atom stereocenters. The van der Waals surface area contributed by atoms with Crippen LogP contribution >= 0.6 is 0 Å². The molecule has 0 aromatic heterocycles. The van der Waals surface area contributed by atoms with Gasteiger partial charge in [-0.05, 0) is 122 Å². The Balaban J connectivity index is 4.52. The van der Waals surface area contributed by atoms with E-state index in [9.17, 15) is 14.4 Å².